The third kappa shape index (κ3) is 4.16. The molecule has 1 aliphatic heterocycles. The predicted octanol–water partition coefficient (Wildman–Crippen LogP) is 2.26. The number of carbonyl (C=O) groups is 1. The molecule has 1 amide bonds. The van der Waals surface area contributed by atoms with Gasteiger partial charge >= 0.3 is 0 Å². The summed E-state index contributed by atoms with van der Waals surface area (Å²) in [6.45, 7) is 3.98. The zero-order chi connectivity index (χ0) is 16.9. The number of hydrogen-bond acceptors (Lipinski definition) is 6. The highest BCUT2D eigenvalue weighted by atomic mass is 35.5. The second-order valence-corrected chi connectivity index (χ2v) is 6.97. The highest BCUT2D eigenvalue weighted by molar-refractivity contribution is 7.22. The lowest BCUT2D eigenvalue weighted by molar-refractivity contribution is -0.136. The number of anilines is 1. The Kier molecular flexibility index (Phi) is 5.89. The number of rotatable bonds is 6. The number of halogens is 1. The number of ether oxygens (including phenoxy) is 2. The number of nitrogens with zero attached hydrogens (tertiary/aromatic N) is 3. The van der Waals surface area contributed by atoms with Crippen LogP contribution < -0.4 is 4.90 Å². The molecular weight excluding hydrogens is 350 g/mol. The number of thiazole rings is 1. The molecular formula is C16H20ClN3O3S. The van der Waals surface area contributed by atoms with Gasteiger partial charge in [0.15, 0.2) is 5.13 Å². The molecule has 1 fully saturated rings. The molecule has 1 aromatic carbocycles. The Hall–Kier alpha value is -1.41. The van der Waals surface area contributed by atoms with Crippen LogP contribution in [0.3, 0.4) is 0 Å². The third-order valence-electron chi connectivity index (χ3n) is 3.90. The van der Waals surface area contributed by atoms with Gasteiger partial charge in [0.25, 0.3) is 0 Å². The summed E-state index contributed by atoms with van der Waals surface area (Å²) in [5.41, 5.74) is 0.962. The van der Waals surface area contributed by atoms with Crippen molar-refractivity contribution in [1.29, 1.82) is 0 Å². The molecule has 0 atom stereocenters. The van der Waals surface area contributed by atoms with E-state index in [-0.39, 0.29) is 12.5 Å². The van der Waals surface area contributed by atoms with Gasteiger partial charge in [-0.05, 0) is 18.2 Å². The van der Waals surface area contributed by atoms with E-state index in [1.807, 2.05) is 23.1 Å². The van der Waals surface area contributed by atoms with E-state index in [4.69, 9.17) is 21.1 Å². The van der Waals surface area contributed by atoms with Crippen LogP contribution in [0.25, 0.3) is 10.2 Å². The molecule has 1 aliphatic rings. The summed E-state index contributed by atoms with van der Waals surface area (Å²) in [7, 11) is 1.61. The summed E-state index contributed by atoms with van der Waals surface area (Å²) in [5, 5.41) is 1.71. The van der Waals surface area contributed by atoms with E-state index in [0.717, 1.165) is 33.5 Å². The van der Waals surface area contributed by atoms with Crippen LogP contribution >= 0.6 is 22.9 Å². The second-order valence-electron chi connectivity index (χ2n) is 5.52. The number of piperazine rings is 1. The Morgan fingerprint density at radius 1 is 1.29 bits per heavy atom. The Labute approximate surface area is 149 Å². The average molecular weight is 370 g/mol. The van der Waals surface area contributed by atoms with E-state index >= 15 is 0 Å². The lowest BCUT2D eigenvalue weighted by atomic mass is 10.3. The number of benzene rings is 1. The van der Waals surface area contributed by atoms with Crippen LogP contribution in [-0.2, 0) is 14.3 Å². The first kappa shape index (κ1) is 17.4. The van der Waals surface area contributed by atoms with Crippen molar-refractivity contribution in [2.45, 2.75) is 0 Å². The monoisotopic (exact) mass is 369 g/mol. The quantitative estimate of drug-likeness (QED) is 0.731. The van der Waals surface area contributed by atoms with E-state index in [9.17, 15) is 4.79 Å². The van der Waals surface area contributed by atoms with Crippen LogP contribution in [0.2, 0.25) is 5.02 Å². The van der Waals surface area contributed by atoms with Crippen LogP contribution in [0.1, 0.15) is 0 Å². The van der Waals surface area contributed by atoms with Gasteiger partial charge in [0.2, 0.25) is 5.91 Å². The predicted molar refractivity (Wildman–Crippen MR) is 96.1 cm³/mol. The lowest BCUT2D eigenvalue weighted by Crippen LogP contribution is -2.49. The van der Waals surface area contributed by atoms with Gasteiger partial charge in [-0.3, -0.25) is 4.79 Å². The summed E-state index contributed by atoms with van der Waals surface area (Å²) in [6.07, 6.45) is 0. The van der Waals surface area contributed by atoms with Gasteiger partial charge in [-0.2, -0.15) is 0 Å². The van der Waals surface area contributed by atoms with Crippen molar-refractivity contribution < 1.29 is 14.3 Å². The molecule has 3 rings (SSSR count). The molecule has 130 valence electrons. The second kappa shape index (κ2) is 8.11. The van der Waals surface area contributed by atoms with E-state index < -0.39 is 0 Å². The molecule has 6 nitrogen and oxygen atoms in total. The molecule has 8 heteroatoms. The van der Waals surface area contributed by atoms with E-state index in [1.165, 1.54) is 0 Å². The Balaban J connectivity index is 1.53. The van der Waals surface area contributed by atoms with E-state index in [1.54, 1.807) is 18.4 Å². The fraction of sp³-hybridized carbons (Fsp3) is 0.500. The van der Waals surface area contributed by atoms with Crippen molar-refractivity contribution in [3.8, 4) is 0 Å². The van der Waals surface area contributed by atoms with Gasteiger partial charge < -0.3 is 19.3 Å². The molecule has 0 saturated carbocycles. The van der Waals surface area contributed by atoms with Crippen molar-refractivity contribution in [1.82, 2.24) is 9.88 Å². The van der Waals surface area contributed by atoms with Crippen molar-refractivity contribution in [2.75, 3.05) is 58.0 Å². The molecule has 2 aromatic rings. The summed E-state index contributed by atoms with van der Waals surface area (Å²) >= 11 is 7.67. The largest absolute Gasteiger partial charge is 0.382 e. The number of amides is 1. The topological polar surface area (TPSA) is 54.9 Å². The maximum atomic E-state index is 12.1. The average Bonchev–Trinajstić information content (AvgIpc) is 3.02. The minimum atomic E-state index is 0.0295. The van der Waals surface area contributed by atoms with Crippen LogP contribution in [-0.4, -0.2) is 68.9 Å². The normalized spacial score (nSPS) is 15.2. The van der Waals surface area contributed by atoms with Crippen LogP contribution in [0, 0.1) is 0 Å². The first-order valence-electron chi connectivity index (χ1n) is 7.83. The molecule has 0 aliphatic carbocycles. The first-order chi connectivity index (χ1) is 11.7. The standard InChI is InChI=1S/C16H20ClN3O3S/c1-22-8-9-23-11-15(21)19-4-6-20(7-5-19)16-18-13-3-2-12(17)10-14(13)24-16/h2-3,10H,4-9,11H2,1H3. The molecule has 0 unspecified atom stereocenters. The van der Waals surface area contributed by atoms with Gasteiger partial charge in [0.1, 0.15) is 6.61 Å². The van der Waals surface area contributed by atoms with Gasteiger partial charge in [-0.1, -0.05) is 22.9 Å². The highest BCUT2D eigenvalue weighted by Crippen LogP contribution is 2.31. The Bertz CT molecular complexity index is 701. The summed E-state index contributed by atoms with van der Waals surface area (Å²) < 4.78 is 11.3. The molecule has 1 aromatic heterocycles. The summed E-state index contributed by atoms with van der Waals surface area (Å²) in [5.74, 6) is 0.0295. The van der Waals surface area contributed by atoms with Crippen LogP contribution in [0.15, 0.2) is 18.2 Å². The molecule has 0 spiro atoms. The highest BCUT2D eigenvalue weighted by Gasteiger charge is 2.23. The minimum Gasteiger partial charge on any atom is -0.382 e. The fourth-order valence-corrected chi connectivity index (χ4v) is 3.86. The van der Waals surface area contributed by atoms with Crippen molar-refractivity contribution in [3.63, 3.8) is 0 Å². The van der Waals surface area contributed by atoms with E-state index in [2.05, 4.69) is 9.88 Å². The lowest BCUT2D eigenvalue weighted by Gasteiger charge is -2.34. The minimum absolute atomic E-state index is 0.0295. The molecule has 0 bridgehead atoms. The Morgan fingerprint density at radius 3 is 2.83 bits per heavy atom. The molecule has 24 heavy (non-hydrogen) atoms. The number of carbonyl (C=O) groups excluding carboxylic acids is 1. The summed E-state index contributed by atoms with van der Waals surface area (Å²) in [6, 6.07) is 5.73. The third-order valence-corrected chi connectivity index (χ3v) is 5.21. The molecule has 2 heterocycles. The van der Waals surface area contributed by atoms with Gasteiger partial charge in [-0.15, -0.1) is 0 Å². The number of methoxy groups -OCH3 is 1. The van der Waals surface area contributed by atoms with Gasteiger partial charge in [0.05, 0.1) is 23.4 Å². The Morgan fingerprint density at radius 2 is 2.08 bits per heavy atom. The molecule has 0 N–H and O–H groups in total. The maximum Gasteiger partial charge on any atom is 0.248 e. The van der Waals surface area contributed by atoms with Crippen LogP contribution in [0.5, 0.6) is 0 Å². The summed E-state index contributed by atoms with van der Waals surface area (Å²) in [4.78, 5) is 20.8. The maximum absolute atomic E-state index is 12.1. The smallest absolute Gasteiger partial charge is 0.248 e. The van der Waals surface area contributed by atoms with Crippen LogP contribution in [0.4, 0.5) is 5.13 Å². The van der Waals surface area contributed by atoms with Gasteiger partial charge in [-0.25, -0.2) is 4.98 Å². The molecule has 0 radical (unpaired) electrons. The first-order valence-corrected chi connectivity index (χ1v) is 9.02. The van der Waals surface area contributed by atoms with Crippen molar-refractivity contribution in [2.24, 2.45) is 0 Å². The zero-order valence-electron chi connectivity index (χ0n) is 13.5. The van der Waals surface area contributed by atoms with Crippen molar-refractivity contribution in [3.05, 3.63) is 23.2 Å². The molecule has 1 saturated heterocycles. The SMILES string of the molecule is COCCOCC(=O)N1CCN(c2nc3ccc(Cl)cc3s2)CC1. The van der Waals surface area contributed by atoms with Crippen molar-refractivity contribution >= 4 is 44.2 Å². The number of aromatic nitrogens is 1. The van der Waals surface area contributed by atoms with E-state index in [0.29, 0.717) is 26.3 Å². The number of fused-ring (bicyclic) bond motifs is 1. The van der Waals surface area contributed by atoms with Gasteiger partial charge in [0, 0.05) is 38.3 Å². The number of hydrogen-bond donors (Lipinski definition) is 0. The zero-order valence-corrected chi connectivity index (χ0v) is 15.1. The fourth-order valence-electron chi connectivity index (χ4n) is 2.56.